The van der Waals surface area contributed by atoms with Gasteiger partial charge in [0.1, 0.15) is 18.2 Å². The van der Waals surface area contributed by atoms with Crippen LogP contribution in [0.5, 0.6) is 0 Å². The van der Waals surface area contributed by atoms with E-state index in [1.165, 1.54) is 7.11 Å². The molecule has 0 aliphatic heterocycles. The van der Waals surface area contributed by atoms with E-state index in [0.29, 0.717) is 0 Å². The number of hydrogen-bond acceptors (Lipinski definition) is 5. The van der Waals surface area contributed by atoms with Crippen molar-refractivity contribution >= 4 is 18.0 Å². The van der Waals surface area contributed by atoms with Crippen molar-refractivity contribution in [2.24, 2.45) is 5.92 Å². The van der Waals surface area contributed by atoms with E-state index in [0.717, 1.165) is 0 Å². The van der Waals surface area contributed by atoms with Gasteiger partial charge in [0.2, 0.25) is 5.91 Å². The topological polar surface area (TPSA) is 93.7 Å². The maximum absolute atomic E-state index is 11.7. The molecule has 7 heteroatoms. The fourth-order valence-corrected chi connectivity index (χ4v) is 1.32. The summed E-state index contributed by atoms with van der Waals surface area (Å²) in [5.74, 6) is -1.13. The van der Waals surface area contributed by atoms with Gasteiger partial charge in [0.25, 0.3) is 0 Å². The maximum Gasteiger partial charge on any atom is 0.408 e. The van der Waals surface area contributed by atoms with Crippen molar-refractivity contribution < 1.29 is 23.9 Å². The minimum absolute atomic E-state index is 0.118. The average molecular weight is 288 g/mol. The lowest BCUT2D eigenvalue weighted by molar-refractivity contribution is -0.146. The Morgan fingerprint density at radius 1 is 1.15 bits per heavy atom. The van der Waals surface area contributed by atoms with E-state index in [9.17, 15) is 14.4 Å². The van der Waals surface area contributed by atoms with E-state index in [4.69, 9.17) is 4.74 Å². The molecule has 0 rings (SSSR count). The minimum Gasteiger partial charge on any atom is -0.467 e. The summed E-state index contributed by atoms with van der Waals surface area (Å²) in [4.78, 5) is 34.5. The molecule has 0 radical (unpaired) electrons. The van der Waals surface area contributed by atoms with E-state index >= 15 is 0 Å². The van der Waals surface area contributed by atoms with Gasteiger partial charge >= 0.3 is 12.1 Å². The van der Waals surface area contributed by atoms with E-state index < -0.39 is 29.6 Å². The molecule has 2 N–H and O–H groups in total. The zero-order valence-corrected chi connectivity index (χ0v) is 12.9. The van der Waals surface area contributed by atoms with Gasteiger partial charge in [-0.2, -0.15) is 0 Å². The predicted molar refractivity (Wildman–Crippen MR) is 73.0 cm³/mol. The summed E-state index contributed by atoms with van der Waals surface area (Å²) >= 11 is 0. The van der Waals surface area contributed by atoms with Crippen LogP contribution in [0.2, 0.25) is 0 Å². The van der Waals surface area contributed by atoms with Crippen LogP contribution in [0, 0.1) is 5.92 Å². The molecule has 0 saturated heterocycles. The van der Waals surface area contributed by atoms with Gasteiger partial charge in [-0.25, -0.2) is 9.59 Å². The van der Waals surface area contributed by atoms with Gasteiger partial charge in [0.15, 0.2) is 0 Å². The highest BCUT2D eigenvalue weighted by Gasteiger charge is 2.25. The van der Waals surface area contributed by atoms with Crippen molar-refractivity contribution in [3.8, 4) is 0 Å². The third kappa shape index (κ3) is 7.60. The normalized spacial score (nSPS) is 12.6. The summed E-state index contributed by atoms with van der Waals surface area (Å²) in [7, 11) is 1.25. The van der Waals surface area contributed by atoms with Gasteiger partial charge in [0, 0.05) is 0 Å². The molecule has 0 heterocycles. The van der Waals surface area contributed by atoms with E-state index in [2.05, 4.69) is 15.4 Å². The molecule has 1 atom stereocenters. The Balaban J connectivity index is 4.28. The molecule has 0 spiro atoms. The molecule has 0 aromatic carbocycles. The number of ether oxygens (including phenoxy) is 2. The molecular formula is C13H24N2O5. The maximum atomic E-state index is 11.7. The first-order valence-electron chi connectivity index (χ1n) is 6.41. The molecule has 2 amide bonds. The Morgan fingerprint density at radius 3 is 2.10 bits per heavy atom. The Morgan fingerprint density at radius 2 is 1.70 bits per heavy atom. The van der Waals surface area contributed by atoms with Crippen molar-refractivity contribution in [3.63, 3.8) is 0 Å². The zero-order valence-electron chi connectivity index (χ0n) is 12.9. The first kappa shape index (κ1) is 18.2. The van der Waals surface area contributed by atoms with Crippen LogP contribution < -0.4 is 10.6 Å². The number of hydrogen-bond donors (Lipinski definition) is 2. The molecular weight excluding hydrogens is 264 g/mol. The molecule has 20 heavy (non-hydrogen) atoms. The summed E-state index contributed by atoms with van der Waals surface area (Å²) in [6.45, 7) is 8.46. The number of methoxy groups -OCH3 is 1. The van der Waals surface area contributed by atoms with Crippen LogP contribution in [0.3, 0.4) is 0 Å². The van der Waals surface area contributed by atoms with Crippen LogP contribution >= 0.6 is 0 Å². The highest BCUT2D eigenvalue weighted by atomic mass is 16.6. The molecule has 1 unspecified atom stereocenters. The van der Waals surface area contributed by atoms with Gasteiger partial charge in [0.05, 0.1) is 7.11 Å². The van der Waals surface area contributed by atoms with Gasteiger partial charge in [-0.15, -0.1) is 0 Å². The van der Waals surface area contributed by atoms with E-state index in [1.54, 1.807) is 34.6 Å². The molecule has 7 nitrogen and oxygen atoms in total. The standard InChI is InChI=1S/C13H24N2O5/c1-8(2)10(11(17)19-6)15-9(16)7-14-12(18)20-13(3,4)5/h8,10H,7H2,1-6H3,(H,14,18)(H,15,16). The summed E-state index contributed by atoms with van der Waals surface area (Å²) < 4.78 is 9.59. The monoisotopic (exact) mass is 288 g/mol. The highest BCUT2D eigenvalue weighted by molar-refractivity contribution is 5.87. The van der Waals surface area contributed by atoms with Gasteiger partial charge in [-0.1, -0.05) is 13.8 Å². The minimum atomic E-state index is -0.743. The van der Waals surface area contributed by atoms with E-state index in [-0.39, 0.29) is 12.5 Å². The van der Waals surface area contributed by atoms with Crippen molar-refractivity contribution in [2.75, 3.05) is 13.7 Å². The second-order valence-corrected chi connectivity index (χ2v) is 5.67. The summed E-state index contributed by atoms with van der Waals surface area (Å²) in [6.07, 6.45) is -0.688. The van der Waals surface area contributed by atoms with Gasteiger partial charge < -0.3 is 20.1 Å². The Labute approximate surface area is 119 Å². The SMILES string of the molecule is COC(=O)C(NC(=O)CNC(=O)OC(C)(C)C)C(C)C. The number of amides is 2. The molecule has 116 valence electrons. The number of rotatable bonds is 5. The average Bonchev–Trinajstić information content (AvgIpc) is 2.30. The fourth-order valence-electron chi connectivity index (χ4n) is 1.32. The number of esters is 1. The van der Waals surface area contributed by atoms with Gasteiger partial charge in [-0.05, 0) is 26.7 Å². The fraction of sp³-hybridized carbons (Fsp3) is 0.769. The first-order valence-corrected chi connectivity index (χ1v) is 6.41. The smallest absolute Gasteiger partial charge is 0.408 e. The molecule has 0 bridgehead atoms. The molecule has 0 aliphatic rings. The van der Waals surface area contributed by atoms with Crippen LogP contribution in [0.15, 0.2) is 0 Å². The van der Waals surface area contributed by atoms with Crippen molar-refractivity contribution in [2.45, 2.75) is 46.3 Å². The van der Waals surface area contributed by atoms with Gasteiger partial charge in [-0.3, -0.25) is 4.79 Å². The quantitative estimate of drug-likeness (QED) is 0.731. The van der Waals surface area contributed by atoms with Crippen LogP contribution in [0.4, 0.5) is 4.79 Å². The first-order chi connectivity index (χ1) is 9.06. The lowest BCUT2D eigenvalue weighted by Gasteiger charge is -2.21. The lowest BCUT2D eigenvalue weighted by Crippen LogP contribution is -2.48. The summed E-state index contributed by atoms with van der Waals surface area (Å²) in [6, 6.07) is -0.743. The lowest BCUT2D eigenvalue weighted by atomic mass is 10.0. The van der Waals surface area contributed by atoms with Crippen molar-refractivity contribution in [1.82, 2.24) is 10.6 Å². The summed E-state index contributed by atoms with van der Waals surface area (Å²) in [5.41, 5.74) is -0.632. The number of carbonyl (C=O) groups excluding carboxylic acids is 3. The summed E-state index contributed by atoms with van der Waals surface area (Å²) in [5, 5.41) is 4.82. The van der Waals surface area contributed by atoms with Crippen molar-refractivity contribution in [1.29, 1.82) is 0 Å². The Bertz CT molecular complexity index is 360. The van der Waals surface area contributed by atoms with Crippen LogP contribution in [0.25, 0.3) is 0 Å². The second kappa shape index (κ2) is 7.72. The Kier molecular flexibility index (Phi) is 7.02. The molecule has 0 aliphatic carbocycles. The van der Waals surface area contributed by atoms with Crippen LogP contribution in [-0.4, -0.2) is 43.3 Å². The number of alkyl carbamates (subject to hydrolysis) is 1. The highest BCUT2D eigenvalue weighted by Crippen LogP contribution is 2.06. The molecule has 0 saturated carbocycles. The molecule has 0 aromatic rings. The number of nitrogens with one attached hydrogen (secondary N) is 2. The Hall–Kier alpha value is -1.79. The molecule has 0 aromatic heterocycles. The zero-order chi connectivity index (χ0) is 15.9. The van der Waals surface area contributed by atoms with E-state index in [1.807, 2.05) is 0 Å². The van der Waals surface area contributed by atoms with Crippen LogP contribution in [0.1, 0.15) is 34.6 Å². The molecule has 0 fully saturated rings. The second-order valence-electron chi connectivity index (χ2n) is 5.67. The largest absolute Gasteiger partial charge is 0.467 e. The van der Waals surface area contributed by atoms with Crippen molar-refractivity contribution in [3.05, 3.63) is 0 Å². The third-order valence-electron chi connectivity index (χ3n) is 2.23. The van der Waals surface area contributed by atoms with Crippen LogP contribution in [-0.2, 0) is 19.1 Å². The number of carbonyl (C=O) groups is 3. The predicted octanol–water partition coefficient (Wildman–Crippen LogP) is 0.825. The third-order valence-corrected chi connectivity index (χ3v) is 2.23.